The molecule has 3 rings (SSSR count). The zero-order valence-electron chi connectivity index (χ0n) is 13.2. The van der Waals surface area contributed by atoms with E-state index in [0.717, 1.165) is 25.0 Å². The molecule has 1 atom stereocenters. The van der Waals surface area contributed by atoms with Gasteiger partial charge in [0.1, 0.15) is 11.6 Å². The normalized spacial score (nSPS) is 16.2. The van der Waals surface area contributed by atoms with E-state index in [1.54, 1.807) is 13.2 Å². The second-order valence-corrected chi connectivity index (χ2v) is 6.55. The minimum absolute atomic E-state index is 0.0675. The first kappa shape index (κ1) is 17.0. The predicted molar refractivity (Wildman–Crippen MR) is 99.4 cm³/mol. The summed E-state index contributed by atoms with van der Waals surface area (Å²) in [5.41, 5.74) is 3.18. The molecule has 1 aliphatic rings. The third kappa shape index (κ3) is 3.79. The lowest BCUT2D eigenvalue weighted by Crippen LogP contribution is -2.34. The first-order valence-corrected chi connectivity index (χ1v) is 8.55. The number of benzene rings is 2. The molecular formula is C18H18ClFN2OS. The lowest BCUT2D eigenvalue weighted by atomic mass is 9.87. The van der Waals surface area contributed by atoms with Crippen LogP contribution in [0.4, 0.5) is 10.1 Å². The van der Waals surface area contributed by atoms with Crippen LogP contribution in [0.25, 0.3) is 0 Å². The van der Waals surface area contributed by atoms with Gasteiger partial charge in [0.05, 0.1) is 18.2 Å². The highest BCUT2D eigenvalue weighted by atomic mass is 35.5. The van der Waals surface area contributed by atoms with E-state index in [2.05, 4.69) is 22.8 Å². The van der Waals surface area contributed by atoms with Crippen LogP contribution < -0.4 is 15.4 Å². The van der Waals surface area contributed by atoms with E-state index >= 15 is 0 Å². The number of halogens is 2. The molecule has 126 valence electrons. The van der Waals surface area contributed by atoms with Crippen molar-refractivity contribution < 1.29 is 9.13 Å². The third-order valence-electron chi connectivity index (χ3n) is 4.15. The van der Waals surface area contributed by atoms with E-state index < -0.39 is 5.82 Å². The number of anilines is 1. The fourth-order valence-electron chi connectivity index (χ4n) is 2.97. The molecule has 0 bridgehead atoms. The molecule has 0 radical (unpaired) electrons. The third-order valence-corrected chi connectivity index (χ3v) is 4.66. The summed E-state index contributed by atoms with van der Waals surface area (Å²) >= 11 is 11.2. The van der Waals surface area contributed by atoms with Gasteiger partial charge >= 0.3 is 0 Å². The molecule has 2 N–H and O–H groups in total. The Labute approximate surface area is 151 Å². The zero-order valence-corrected chi connectivity index (χ0v) is 14.8. The number of ether oxygens (including phenoxy) is 1. The van der Waals surface area contributed by atoms with Crippen molar-refractivity contribution in [2.45, 2.75) is 25.3 Å². The van der Waals surface area contributed by atoms with Crippen LogP contribution in [-0.2, 0) is 6.42 Å². The van der Waals surface area contributed by atoms with Gasteiger partial charge in [-0.3, -0.25) is 0 Å². The Hall–Kier alpha value is -1.85. The molecule has 0 aliphatic heterocycles. The quantitative estimate of drug-likeness (QED) is 0.762. The van der Waals surface area contributed by atoms with E-state index in [9.17, 15) is 4.39 Å². The highest BCUT2D eigenvalue weighted by molar-refractivity contribution is 7.80. The number of fused-ring (bicyclic) bond motifs is 1. The van der Waals surface area contributed by atoms with Gasteiger partial charge < -0.3 is 15.4 Å². The Morgan fingerprint density at radius 2 is 2.12 bits per heavy atom. The van der Waals surface area contributed by atoms with Crippen LogP contribution >= 0.6 is 23.8 Å². The molecule has 0 fully saturated rings. The lowest BCUT2D eigenvalue weighted by molar-refractivity contribution is 0.412. The molecular weight excluding hydrogens is 347 g/mol. The Kier molecular flexibility index (Phi) is 5.21. The summed E-state index contributed by atoms with van der Waals surface area (Å²) in [7, 11) is 1.67. The molecule has 0 aromatic heterocycles. The Balaban J connectivity index is 1.70. The van der Waals surface area contributed by atoms with Gasteiger partial charge in [0.15, 0.2) is 5.11 Å². The van der Waals surface area contributed by atoms with Crippen molar-refractivity contribution >= 4 is 34.6 Å². The van der Waals surface area contributed by atoms with E-state index in [4.69, 9.17) is 28.6 Å². The SMILES string of the molecule is COc1ccc2c(c1)CCC[C@@H]2NC(=S)Nc1ccc(F)c(Cl)c1. The first-order valence-electron chi connectivity index (χ1n) is 7.76. The molecule has 0 spiro atoms. The highest BCUT2D eigenvalue weighted by Gasteiger charge is 2.21. The van der Waals surface area contributed by atoms with Crippen LogP contribution in [-0.4, -0.2) is 12.2 Å². The van der Waals surface area contributed by atoms with Crippen molar-refractivity contribution in [2.24, 2.45) is 0 Å². The average molecular weight is 365 g/mol. The van der Waals surface area contributed by atoms with E-state index in [1.807, 2.05) is 6.07 Å². The van der Waals surface area contributed by atoms with Gasteiger partial charge in [-0.2, -0.15) is 0 Å². The second-order valence-electron chi connectivity index (χ2n) is 5.74. The number of methoxy groups -OCH3 is 1. The molecule has 24 heavy (non-hydrogen) atoms. The minimum Gasteiger partial charge on any atom is -0.497 e. The van der Waals surface area contributed by atoms with Crippen molar-refractivity contribution in [3.05, 3.63) is 58.4 Å². The van der Waals surface area contributed by atoms with Crippen LogP contribution in [0.15, 0.2) is 36.4 Å². The van der Waals surface area contributed by atoms with Gasteiger partial charge in [0.2, 0.25) is 0 Å². The molecule has 0 unspecified atom stereocenters. The fourth-order valence-corrected chi connectivity index (χ4v) is 3.41. The van der Waals surface area contributed by atoms with Crippen molar-refractivity contribution in [3.63, 3.8) is 0 Å². The van der Waals surface area contributed by atoms with Crippen LogP contribution in [0.1, 0.15) is 30.0 Å². The largest absolute Gasteiger partial charge is 0.497 e. The van der Waals surface area contributed by atoms with E-state index in [1.165, 1.54) is 23.3 Å². The van der Waals surface area contributed by atoms with Crippen molar-refractivity contribution in [3.8, 4) is 5.75 Å². The predicted octanol–water partition coefficient (Wildman–Crippen LogP) is 4.85. The number of nitrogens with one attached hydrogen (secondary N) is 2. The summed E-state index contributed by atoms with van der Waals surface area (Å²) in [5, 5.41) is 6.95. The summed E-state index contributed by atoms with van der Waals surface area (Å²) in [6.07, 6.45) is 3.13. The zero-order chi connectivity index (χ0) is 17.1. The molecule has 1 aliphatic carbocycles. The molecule has 0 amide bonds. The van der Waals surface area contributed by atoms with Crippen molar-refractivity contribution in [1.82, 2.24) is 5.32 Å². The maximum Gasteiger partial charge on any atom is 0.171 e. The number of hydrogen-bond donors (Lipinski definition) is 2. The minimum atomic E-state index is -0.448. The lowest BCUT2D eigenvalue weighted by Gasteiger charge is -2.28. The van der Waals surface area contributed by atoms with Crippen LogP contribution in [0, 0.1) is 5.82 Å². The first-order chi connectivity index (χ1) is 11.6. The molecule has 2 aromatic rings. The van der Waals surface area contributed by atoms with Crippen molar-refractivity contribution in [2.75, 3.05) is 12.4 Å². The molecule has 0 saturated carbocycles. The monoisotopic (exact) mass is 364 g/mol. The molecule has 0 saturated heterocycles. The Bertz CT molecular complexity index is 769. The second kappa shape index (κ2) is 7.36. The van der Waals surface area contributed by atoms with E-state index in [-0.39, 0.29) is 11.1 Å². The summed E-state index contributed by atoms with van der Waals surface area (Å²) in [6.45, 7) is 0. The average Bonchev–Trinajstić information content (AvgIpc) is 2.58. The van der Waals surface area contributed by atoms with Gasteiger partial charge in [-0.05, 0) is 72.9 Å². The Morgan fingerprint density at radius 3 is 2.88 bits per heavy atom. The van der Waals surface area contributed by atoms with Gasteiger partial charge in [-0.1, -0.05) is 17.7 Å². The molecule has 0 heterocycles. The number of aryl methyl sites for hydroxylation is 1. The fraction of sp³-hybridized carbons (Fsp3) is 0.278. The van der Waals surface area contributed by atoms with Crippen LogP contribution in [0.3, 0.4) is 0 Å². The Morgan fingerprint density at radius 1 is 1.29 bits per heavy atom. The van der Waals surface area contributed by atoms with Crippen LogP contribution in [0.2, 0.25) is 5.02 Å². The van der Waals surface area contributed by atoms with Gasteiger partial charge in [0.25, 0.3) is 0 Å². The number of thiocarbonyl (C=S) groups is 1. The molecule has 3 nitrogen and oxygen atoms in total. The highest BCUT2D eigenvalue weighted by Crippen LogP contribution is 2.32. The summed E-state index contributed by atoms with van der Waals surface area (Å²) in [4.78, 5) is 0. The number of rotatable bonds is 3. The van der Waals surface area contributed by atoms with Crippen molar-refractivity contribution in [1.29, 1.82) is 0 Å². The topological polar surface area (TPSA) is 33.3 Å². The summed E-state index contributed by atoms with van der Waals surface area (Å²) in [6, 6.07) is 10.7. The maximum atomic E-state index is 13.2. The standard InChI is InChI=1S/C18H18ClFN2OS/c1-23-13-6-7-14-11(9-13)3-2-4-17(14)22-18(24)21-12-5-8-16(20)15(19)10-12/h5-10,17H,2-4H2,1H3,(H2,21,22,24)/t17-/m0/s1. The molecule has 2 aromatic carbocycles. The smallest absolute Gasteiger partial charge is 0.171 e. The molecule has 6 heteroatoms. The summed E-state index contributed by atoms with van der Waals surface area (Å²) < 4.78 is 18.5. The van der Waals surface area contributed by atoms with Gasteiger partial charge in [-0.15, -0.1) is 0 Å². The van der Waals surface area contributed by atoms with Gasteiger partial charge in [0, 0.05) is 5.69 Å². The maximum absolute atomic E-state index is 13.2. The van der Waals surface area contributed by atoms with Crippen LogP contribution in [0.5, 0.6) is 5.75 Å². The van der Waals surface area contributed by atoms with E-state index in [0.29, 0.717) is 10.8 Å². The number of hydrogen-bond acceptors (Lipinski definition) is 2. The summed E-state index contributed by atoms with van der Waals surface area (Å²) in [5.74, 6) is 0.423. The van der Waals surface area contributed by atoms with Gasteiger partial charge in [-0.25, -0.2) is 4.39 Å².